The first kappa shape index (κ1) is 16.6. The Morgan fingerprint density at radius 2 is 2.00 bits per heavy atom. The highest BCUT2D eigenvalue weighted by Gasteiger charge is 2.22. The summed E-state index contributed by atoms with van der Waals surface area (Å²) < 4.78 is 27.3. The molecule has 0 bridgehead atoms. The van der Waals surface area contributed by atoms with E-state index in [1.54, 1.807) is 0 Å². The van der Waals surface area contributed by atoms with Crippen LogP contribution in [0, 0.1) is 11.6 Å². The number of aliphatic hydroxyl groups is 1. The van der Waals surface area contributed by atoms with Crippen molar-refractivity contribution in [2.75, 3.05) is 17.7 Å². The largest absolute Gasteiger partial charge is 0.396 e. The molecule has 0 spiro atoms. The lowest BCUT2D eigenvalue weighted by Crippen LogP contribution is -2.19. The second-order valence-electron chi connectivity index (χ2n) is 5.94. The summed E-state index contributed by atoms with van der Waals surface area (Å²) in [5.74, 6) is -0.556. The summed E-state index contributed by atoms with van der Waals surface area (Å²) in [7, 11) is 0. The molecule has 0 saturated heterocycles. The van der Waals surface area contributed by atoms with Crippen molar-refractivity contribution < 1.29 is 13.9 Å². The molecule has 1 aliphatic rings. The predicted octanol–water partition coefficient (Wildman–Crippen LogP) is 2.75. The van der Waals surface area contributed by atoms with Crippen molar-refractivity contribution in [3.63, 3.8) is 0 Å². The van der Waals surface area contributed by atoms with Crippen LogP contribution in [0.2, 0.25) is 0 Å². The highest BCUT2D eigenvalue weighted by molar-refractivity contribution is 5.52. The van der Waals surface area contributed by atoms with Gasteiger partial charge in [0.25, 0.3) is 0 Å². The molecule has 0 saturated carbocycles. The van der Waals surface area contributed by atoms with Crippen molar-refractivity contribution in [1.82, 2.24) is 9.97 Å². The van der Waals surface area contributed by atoms with Crippen LogP contribution >= 0.6 is 0 Å². The molecule has 128 valence electrons. The highest BCUT2D eigenvalue weighted by atomic mass is 19.1. The normalized spacial score (nSPS) is 15.0. The zero-order valence-corrected chi connectivity index (χ0v) is 13.2. The molecule has 1 heterocycles. The summed E-state index contributed by atoms with van der Waals surface area (Å²) in [5.41, 5.74) is 7.97. The lowest BCUT2D eigenvalue weighted by Gasteiger charge is -2.24. The number of aliphatic hydroxyl groups excluding tert-OH is 1. The molecule has 1 atom stereocenters. The fourth-order valence-corrected chi connectivity index (χ4v) is 3.12. The second-order valence-corrected chi connectivity index (χ2v) is 5.94. The Labute approximate surface area is 138 Å². The molecule has 1 aliphatic carbocycles. The Kier molecular flexibility index (Phi) is 4.89. The number of fused-ring (bicyclic) bond motifs is 1. The topological polar surface area (TPSA) is 84.1 Å². The number of nitrogens with zero attached hydrogens (tertiary/aromatic N) is 2. The number of nitrogen functional groups attached to an aromatic ring is 1. The first-order valence-corrected chi connectivity index (χ1v) is 8.06. The Morgan fingerprint density at radius 1 is 1.21 bits per heavy atom. The van der Waals surface area contributed by atoms with Crippen LogP contribution in [0.25, 0.3) is 0 Å². The van der Waals surface area contributed by atoms with Crippen molar-refractivity contribution in [3.05, 3.63) is 46.7 Å². The Morgan fingerprint density at radius 3 is 2.75 bits per heavy atom. The van der Waals surface area contributed by atoms with Gasteiger partial charge in [-0.25, -0.2) is 13.8 Å². The Balaban J connectivity index is 1.95. The van der Waals surface area contributed by atoms with E-state index in [0.29, 0.717) is 5.82 Å². The van der Waals surface area contributed by atoms with E-state index < -0.39 is 17.7 Å². The monoisotopic (exact) mass is 334 g/mol. The molecule has 1 aromatic heterocycles. The predicted molar refractivity (Wildman–Crippen MR) is 87.5 cm³/mol. The summed E-state index contributed by atoms with van der Waals surface area (Å²) in [6.07, 6.45) is 4.02. The first-order chi connectivity index (χ1) is 11.6. The standard InChI is InChI=1S/C17H20F2N4O/c18-10-5-6-11(13(19)9-10)15(7-8-24)21-16-12-3-1-2-4-14(12)22-17(20)23-16/h5-6,9,15,24H,1-4,7-8H2,(H3,20,21,22,23). The molecule has 0 aliphatic heterocycles. The third-order valence-electron chi connectivity index (χ3n) is 4.27. The van der Waals surface area contributed by atoms with E-state index in [-0.39, 0.29) is 24.5 Å². The smallest absolute Gasteiger partial charge is 0.222 e. The zero-order valence-electron chi connectivity index (χ0n) is 13.2. The molecule has 7 heteroatoms. The van der Waals surface area contributed by atoms with Crippen molar-refractivity contribution in [2.24, 2.45) is 0 Å². The summed E-state index contributed by atoms with van der Waals surface area (Å²) in [4.78, 5) is 8.54. The molecule has 5 nitrogen and oxygen atoms in total. The maximum absolute atomic E-state index is 14.1. The van der Waals surface area contributed by atoms with E-state index in [1.165, 1.54) is 12.1 Å². The molecule has 1 aromatic carbocycles. The molecule has 0 amide bonds. The Hall–Kier alpha value is -2.28. The van der Waals surface area contributed by atoms with Gasteiger partial charge in [-0.05, 0) is 38.2 Å². The number of hydrogen-bond acceptors (Lipinski definition) is 5. The molecule has 4 N–H and O–H groups in total. The summed E-state index contributed by atoms with van der Waals surface area (Å²) in [6, 6.07) is 2.89. The van der Waals surface area contributed by atoms with Gasteiger partial charge in [0.15, 0.2) is 0 Å². The van der Waals surface area contributed by atoms with Crippen LogP contribution in [0.1, 0.15) is 42.1 Å². The van der Waals surface area contributed by atoms with E-state index in [0.717, 1.165) is 43.0 Å². The summed E-state index contributed by atoms with van der Waals surface area (Å²) in [5, 5.41) is 12.5. The van der Waals surface area contributed by atoms with Crippen molar-refractivity contribution in [3.8, 4) is 0 Å². The number of nitrogens with one attached hydrogen (secondary N) is 1. The maximum Gasteiger partial charge on any atom is 0.222 e. The number of aromatic nitrogens is 2. The number of anilines is 2. The fraction of sp³-hybridized carbons (Fsp3) is 0.412. The number of rotatable bonds is 5. The van der Waals surface area contributed by atoms with Crippen LogP contribution in [0.3, 0.4) is 0 Å². The molecule has 2 aromatic rings. The summed E-state index contributed by atoms with van der Waals surface area (Å²) >= 11 is 0. The minimum absolute atomic E-state index is 0.142. The number of aryl methyl sites for hydroxylation is 1. The van der Waals surface area contributed by atoms with Gasteiger partial charge in [-0.3, -0.25) is 0 Å². The van der Waals surface area contributed by atoms with Crippen LogP contribution in [0.5, 0.6) is 0 Å². The van der Waals surface area contributed by atoms with Crippen LogP contribution in [-0.4, -0.2) is 21.7 Å². The van der Waals surface area contributed by atoms with Gasteiger partial charge < -0.3 is 16.2 Å². The average molecular weight is 334 g/mol. The van der Waals surface area contributed by atoms with E-state index in [4.69, 9.17) is 5.73 Å². The molecule has 1 unspecified atom stereocenters. The van der Waals surface area contributed by atoms with Gasteiger partial charge in [0, 0.05) is 23.8 Å². The molecule has 0 radical (unpaired) electrons. The van der Waals surface area contributed by atoms with Crippen molar-refractivity contribution >= 4 is 11.8 Å². The second kappa shape index (κ2) is 7.09. The van der Waals surface area contributed by atoms with E-state index >= 15 is 0 Å². The third kappa shape index (κ3) is 3.46. The highest BCUT2D eigenvalue weighted by Crippen LogP contribution is 2.30. The van der Waals surface area contributed by atoms with E-state index in [9.17, 15) is 13.9 Å². The number of hydrogen-bond donors (Lipinski definition) is 3. The fourth-order valence-electron chi connectivity index (χ4n) is 3.12. The summed E-state index contributed by atoms with van der Waals surface area (Å²) in [6.45, 7) is -0.142. The molecular formula is C17H20F2N4O. The average Bonchev–Trinajstić information content (AvgIpc) is 2.54. The van der Waals surface area contributed by atoms with Crippen LogP contribution in [0.4, 0.5) is 20.5 Å². The molecule has 0 fully saturated rings. The number of halogens is 2. The van der Waals surface area contributed by atoms with E-state index in [2.05, 4.69) is 15.3 Å². The van der Waals surface area contributed by atoms with E-state index in [1.807, 2.05) is 0 Å². The van der Waals surface area contributed by atoms with Crippen LogP contribution in [0.15, 0.2) is 18.2 Å². The minimum Gasteiger partial charge on any atom is -0.396 e. The van der Waals surface area contributed by atoms with Gasteiger partial charge in [0.2, 0.25) is 5.95 Å². The Bertz CT molecular complexity index is 739. The molecule has 3 rings (SSSR count). The lowest BCUT2D eigenvalue weighted by atomic mass is 9.95. The minimum atomic E-state index is -0.656. The van der Waals surface area contributed by atoms with Gasteiger partial charge in [-0.15, -0.1) is 0 Å². The van der Waals surface area contributed by atoms with Crippen molar-refractivity contribution in [2.45, 2.75) is 38.1 Å². The molecule has 24 heavy (non-hydrogen) atoms. The third-order valence-corrected chi connectivity index (χ3v) is 4.27. The van der Waals surface area contributed by atoms with Gasteiger partial charge in [0.1, 0.15) is 17.5 Å². The van der Waals surface area contributed by atoms with Crippen molar-refractivity contribution in [1.29, 1.82) is 0 Å². The van der Waals surface area contributed by atoms with Gasteiger partial charge in [-0.1, -0.05) is 6.07 Å². The van der Waals surface area contributed by atoms with Gasteiger partial charge >= 0.3 is 0 Å². The quantitative estimate of drug-likeness (QED) is 0.783. The zero-order chi connectivity index (χ0) is 17.1. The van der Waals surface area contributed by atoms with Gasteiger partial charge in [-0.2, -0.15) is 4.98 Å². The van der Waals surface area contributed by atoms with Crippen LogP contribution < -0.4 is 11.1 Å². The number of benzene rings is 1. The maximum atomic E-state index is 14.1. The SMILES string of the molecule is Nc1nc2c(c(NC(CCO)c3ccc(F)cc3F)n1)CCCC2. The number of nitrogens with two attached hydrogens (primary N) is 1. The first-order valence-electron chi connectivity index (χ1n) is 8.06. The van der Waals surface area contributed by atoms with Gasteiger partial charge in [0.05, 0.1) is 11.7 Å². The lowest BCUT2D eigenvalue weighted by molar-refractivity contribution is 0.279. The van der Waals surface area contributed by atoms with Crippen LogP contribution in [-0.2, 0) is 12.8 Å². The molecular weight excluding hydrogens is 314 g/mol.